The Morgan fingerprint density at radius 2 is 2.00 bits per heavy atom. The van der Waals surface area contributed by atoms with Crippen molar-refractivity contribution in [3.8, 4) is 6.07 Å². The minimum atomic E-state index is -0.536. The van der Waals surface area contributed by atoms with E-state index in [4.69, 9.17) is 16.9 Å². The lowest BCUT2D eigenvalue weighted by molar-refractivity contribution is 0.624. The lowest BCUT2D eigenvalue weighted by Gasteiger charge is -2.10. The highest BCUT2D eigenvalue weighted by Crippen LogP contribution is 2.27. The molecule has 0 heterocycles. The van der Waals surface area contributed by atoms with E-state index in [1.807, 2.05) is 6.07 Å². The maximum absolute atomic E-state index is 13.4. The van der Waals surface area contributed by atoms with Gasteiger partial charge in [0.15, 0.2) is 0 Å². The molecule has 2 nitrogen and oxygen atoms in total. The molecule has 0 spiro atoms. The fraction of sp³-hybridized carbons (Fsp3) is 0. The van der Waals surface area contributed by atoms with Gasteiger partial charge in [-0.1, -0.05) is 17.7 Å². The first-order valence-corrected chi connectivity index (χ1v) is 6.48. The monoisotopic (exact) mass is 372 g/mol. The van der Waals surface area contributed by atoms with Crippen LogP contribution in [0.1, 0.15) is 5.56 Å². The predicted molar refractivity (Wildman–Crippen MR) is 78.6 cm³/mol. The van der Waals surface area contributed by atoms with Crippen molar-refractivity contribution in [2.24, 2.45) is 0 Å². The molecule has 0 saturated heterocycles. The number of rotatable bonds is 2. The first-order chi connectivity index (χ1) is 8.61. The summed E-state index contributed by atoms with van der Waals surface area (Å²) < 4.78 is 14.3. The van der Waals surface area contributed by atoms with Crippen LogP contribution in [0.5, 0.6) is 0 Å². The summed E-state index contributed by atoms with van der Waals surface area (Å²) in [4.78, 5) is 0. The second-order valence-electron chi connectivity index (χ2n) is 3.52. The third-order valence-corrected chi connectivity index (χ3v) is 3.45. The normalized spacial score (nSPS) is 9.89. The molecule has 0 aliphatic heterocycles. The van der Waals surface area contributed by atoms with Gasteiger partial charge in [-0.2, -0.15) is 5.26 Å². The Morgan fingerprint density at radius 1 is 1.22 bits per heavy atom. The number of benzene rings is 2. The Hall–Kier alpha value is -1.32. The van der Waals surface area contributed by atoms with Crippen molar-refractivity contribution in [1.29, 1.82) is 5.26 Å². The highest BCUT2D eigenvalue weighted by atomic mass is 127. The zero-order valence-corrected chi connectivity index (χ0v) is 12.0. The van der Waals surface area contributed by atoms with Gasteiger partial charge in [-0.3, -0.25) is 0 Å². The molecule has 0 fully saturated rings. The lowest BCUT2D eigenvalue weighted by Crippen LogP contribution is -1.97. The summed E-state index contributed by atoms with van der Waals surface area (Å²) in [5.41, 5.74) is 1.23. The van der Waals surface area contributed by atoms with Crippen LogP contribution in [-0.4, -0.2) is 0 Å². The maximum Gasteiger partial charge on any atom is 0.143 e. The van der Waals surface area contributed by atoms with Gasteiger partial charge in [0.25, 0.3) is 0 Å². The van der Waals surface area contributed by atoms with Crippen LogP contribution in [0.2, 0.25) is 5.02 Å². The van der Waals surface area contributed by atoms with Gasteiger partial charge >= 0.3 is 0 Å². The molecule has 0 unspecified atom stereocenters. The topological polar surface area (TPSA) is 35.8 Å². The summed E-state index contributed by atoms with van der Waals surface area (Å²) in [6, 6.07) is 11.6. The van der Waals surface area contributed by atoms with Crippen molar-refractivity contribution in [2.75, 3.05) is 5.32 Å². The second kappa shape index (κ2) is 5.55. The van der Waals surface area contributed by atoms with Crippen LogP contribution in [0.15, 0.2) is 36.4 Å². The average molecular weight is 373 g/mol. The van der Waals surface area contributed by atoms with Crippen molar-refractivity contribution < 1.29 is 4.39 Å². The van der Waals surface area contributed by atoms with Crippen molar-refractivity contribution >= 4 is 45.6 Å². The molecule has 0 atom stereocenters. The molecule has 5 heteroatoms. The third-order valence-electron chi connectivity index (χ3n) is 2.33. The van der Waals surface area contributed by atoms with Crippen LogP contribution in [0.4, 0.5) is 15.8 Å². The van der Waals surface area contributed by atoms with Gasteiger partial charge in [0.2, 0.25) is 0 Å². The number of hydrogen-bond donors (Lipinski definition) is 1. The summed E-state index contributed by atoms with van der Waals surface area (Å²) in [5, 5.41) is 12.6. The highest BCUT2D eigenvalue weighted by molar-refractivity contribution is 14.1. The van der Waals surface area contributed by atoms with E-state index in [0.717, 1.165) is 9.26 Å². The first kappa shape index (κ1) is 13.1. The van der Waals surface area contributed by atoms with E-state index in [1.165, 1.54) is 6.07 Å². The quantitative estimate of drug-likeness (QED) is 0.776. The van der Waals surface area contributed by atoms with E-state index in [9.17, 15) is 4.39 Å². The minimum Gasteiger partial charge on any atom is -0.353 e. The van der Waals surface area contributed by atoms with Crippen LogP contribution in [-0.2, 0) is 0 Å². The molecule has 18 heavy (non-hydrogen) atoms. The Morgan fingerprint density at radius 3 is 2.67 bits per heavy atom. The van der Waals surface area contributed by atoms with Crippen LogP contribution in [0, 0.1) is 20.7 Å². The number of nitriles is 1. The number of halogens is 3. The van der Waals surface area contributed by atoms with Crippen molar-refractivity contribution in [3.05, 3.63) is 56.4 Å². The highest BCUT2D eigenvalue weighted by Gasteiger charge is 2.09. The number of hydrogen-bond acceptors (Lipinski definition) is 2. The molecule has 0 radical (unpaired) electrons. The van der Waals surface area contributed by atoms with Gasteiger partial charge in [-0.15, -0.1) is 0 Å². The smallest absolute Gasteiger partial charge is 0.143 e. The molecule has 1 N–H and O–H groups in total. The third kappa shape index (κ3) is 2.74. The number of anilines is 2. The molecule has 90 valence electrons. The van der Waals surface area contributed by atoms with Gasteiger partial charge in [0, 0.05) is 8.59 Å². The van der Waals surface area contributed by atoms with Crippen LogP contribution >= 0.6 is 34.2 Å². The average Bonchev–Trinajstić information content (AvgIpc) is 2.33. The summed E-state index contributed by atoms with van der Waals surface area (Å²) in [5.74, 6) is -0.536. The van der Waals surface area contributed by atoms with E-state index in [1.54, 1.807) is 30.3 Å². The van der Waals surface area contributed by atoms with Crippen LogP contribution in [0.25, 0.3) is 0 Å². The van der Waals surface area contributed by atoms with Gasteiger partial charge < -0.3 is 5.32 Å². The Bertz CT molecular complexity index is 637. The molecule has 2 aromatic rings. The van der Waals surface area contributed by atoms with Gasteiger partial charge in [-0.05, 0) is 52.9 Å². The molecule has 0 saturated carbocycles. The summed E-state index contributed by atoms with van der Waals surface area (Å²) >= 11 is 7.98. The van der Waals surface area contributed by atoms with E-state index in [0.29, 0.717) is 10.7 Å². The molecular weight excluding hydrogens is 366 g/mol. The molecular formula is C13H7ClFIN2. The molecule has 0 aliphatic rings. The summed E-state index contributed by atoms with van der Waals surface area (Å²) in [6.45, 7) is 0. The largest absolute Gasteiger partial charge is 0.353 e. The first-order valence-electron chi connectivity index (χ1n) is 5.02. The second-order valence-corrected chi connectivity index (χ2v) is 5.12. The van der Waals surface area contributed by atoms with Gasteiger partial charge in [0.05, 0.1) is 11.4 Å². The van der Waals surface area contributed by atoms with Crippen LogP contribution < -0.4 is 5.32 Å². The van der Waals surface area contributed by atoms with E-state index in [-0.39, 0.29) is 5.56 Å². The number of nitrogens with zero attached hydrogens (tertiary/aromatic N) is 1. The Kier molecular flexibility index (Phi) is 4.04. The summed E-state index contributed by atoms with van der Waals surface area (Å²) in [7, 11) is 0. The van der Waals surface area contributed by atoms with Gasteiger partial charge in [-0.25, -0.2) is 4.39 Å². The Balaban J connectivity index is 2.41. The molecule has 2 aromatic carbocycles. The lowest BCUT2D eigenvalue weighted by atomic mass is 10.1. The van der Waals surface area contributed by atoms with E-state index in [2.05, 4.69) is 27.9 Å². The summed E-state index contributed by atoms with van der Waals surface area (Å²) in [6.07, 6.45) is 0. The molecule has 0 aliphatic carbocycles. The van der Waals surface area contributed by atoms with Crippen molar-refractivity contribution in [2.45, 2.75) is 0 Å². The predicted octanol–water partition coefficient (Wildman–Crippen LogP) is 4.70. The van der Waals surface area contributed by atoms with Crippen LogP contribution in [0.3, 0.4) is 0 Å². The maximum atomic E-state index is 13.4. The minimum absolute atomic E-state index is 0.00301. The van der Waals surface area contributed by atoms with Crippen molar-refractivity contribution in [1.82, 2.24) is 0 Å². The molecule has 0 amide bonds. The van der Waals surface area contributed by atoms with Crippen molar-refractivity contribution in [3.63, 3.8) is 0 Å². The zero-order valence-electron chi connectivity index (χ0n) is 9.05. The fourth-order valence-corrected chi connectivity index (χ4v) is 2.48. The van der Waals surface area contributed by atoms with E-state index < -0.39 is 5.82 Å². The van der Waals surface area contributed by atoms with E-state index >= 15 is 0 Å². The molecule has 0 bridgehead atoms. The molecule has 0 aromatic heterocycles. The Labute approximate surface area is 123 Å². The zero-order chi connectivity index (χ0) is 13.1. The fourth-order valence-electron chi connectivity index (χ4n) is 1.48. The standard InChI is InChI=1S/C13H7ClFIN2/c14-8-4-5-13(11(16)6-8)18-12-3-1-2-10(15)9(12)7-17/h1-6,18H. The SMILES string of the molecule is N#Cc1c(F)cccc1Nc1ccc(Cl)cc1I. The van der Waals surface area contributed by atoms with Gasteiger partial charge in [0.1, 0.15) is 17.4 Å². The number of nitrogens with one attached hydrogen (secondary N) is 1. The molecule has 2 rings (SSSR count).